The second-order valence-electron chi connectivity index (χ2n) is 9.28. The number of rotatable bonds is 7. The quantitative estimate of drug-likeness (QED) is 0.640. The standard InChI is InChI=1S/C24H36ClN3O/c1-17-8-7-12-24(2,3)20(17)11-13-27-19-14-22(23(29)26-4)28(16-19)15-18-9-5-6-10-21(18)25/h5-6,9-10,19,22,27H,7-8,11-16H2,1-4H3,(H,26,29)/t19-,22+/m1/s1. The van der Waals surface area contributed by atoms with E-state index in [1.54, 1.807) is 18.2 Å². The number of likely N-dealkylation sites (tertiary alicyclic amines) is 1. The van der Waals surface area contributed by atoms with Crippen molar-refractivity contribution in [1.82, 2.24) is 15.5 Å². The first kappa shape index (κ1) is 22.3. The number of carbonyl (C=O) groups is 1. The van der Waals surface area contributed by atoms with Gasteiger partial charge in [0, 0.05) is 31.2 Å². The number of benzene rings is 1. The largest absolute Gasteiger partial charge is 0.358 e. The Morgan fingerprint density at radius 2 is 2.07 bits per heavy atom. The molecule has 160 valence electrons. The second kappa shape index (κ2) is 9.63. The summed E-state index contributed by atoms with van der Waals surface area (Å²) in [5.41, 5.74) is 4.61. The Labute approximate surface area is 181 Å². The van der Waals surface area contributed by atoms with E-state index in [1.807, 2.05) is 24.3 Å². The molecule has 3 rings (SSSR count). The average molecular weight is 418 g/mol. The van der Waals surface area contributed by atoms with Crippen LogP contribution in [0.5, 0.6) is 0 Å². The smallest absolute Gasteiger partial charge is 0.237 e. The molecule has 0 spiro atoms. The van der Waals surface area contributed by atoms with Gasteiger partial charge in [0.15, 0.2) is 0 Å². The fourth-order valence-corrected chi connectivity index (χ4v) is 5.33. The first-order chi connectivity index (χ1) is 13.8. The lowest BCUT2D eigenvalue weighted by atomic mass is 9.71. The van der Waals surface area contributed by atoms with Gasteiger partial charge in [-0.25, -0.2) is 0 Å². The topological polar surface area (TPSA) is 44.4 Å². The molecular formula is C24H36ClN3O. The second-order valence-corrected chi connectivity index (χ2v) is 9.69. The molecule has 29 heavy (non-hydrogen) atoms. The summed E-state index contributed by atoms with van der Waals surface area (Å²) in [5.74, 6) is 0.0910. The van der Waals surface area contributed by atoms with Gasteiger partial charge in [-0.05, 0) is 62.6 Å². The first-order valence-corrected chi connectivity index (χ1v) is 11.3. The zero-order valence-electron chi connectivity index (χ0n) is 18.4. The fourth-order valence-electron chi connectivity index (χ4n) is 5.14. The van der Waals surface area contributed by atoms with Crippen LogP contribution in [0.3, 0.4) is 0 Å². The van der Waals surface area contributed by atoms with Gasteiger partial charge in [-0.2, -0.15) is 0 Å². The maximum atomic E-state index is 12.5. The normalized spacial score (nSPS) is 24.7. The number of amides is 1. The molecule has 5 heteroatoms. The molecule has 1 fully saturated rings. The van der Waals surface area contributed by atoms with Crippen molar-refractivity contribution >= 4 is 17.5 Å². The molecule has 1 amide bonds. The number of allylic oxidation sites excluding steroid dienone is 1. The Morgan fingerprint density at radius 3 is 2.76 bits per heavy atom. The fraction of sp³-hybridized carbons (Fsp3) is 0.625. The lowest BCUT2D eigenvalue weighted by Crippen LogP contribution is -2.41. The van der Waals surface area contributed by atoms with Gasteiger partial charge in [0.1, 0.15) is 0 Å². The van der Waals surface area contributed by atoms with Crippen molar-refractivity contribution in [3.63, 3.8) is 0 Å². The first-order valence-electron chi connectivity index (χ1n) is 10.9. The Hall–Kier alpha value is -1.36. The predicted octanol–water partition coefficient (Wildman–Crippen LogP) is 4.54. The molecule has 2 N–H and O–H groups in total. The van der Waals surface area contributed by atoms with E-state index in [0.29, 0.717) is 18.0 Å². The van der Waals surface area contributed by atoms with Crippen molar-refractivity contribution in [3.8, 4) is 0 Å². The lowest BCUT2D eigenvalue weighted by molar-refractivity contribution is -0.125. The van der Waals surface area contributed by atoms with Gasteiger partial charge in [-0.15, -0.1) is 0 Å². The van der Waals surface area contributed by atoms with Crippen LogP contribution in [0.2, 0.25) is 5.02 Å². The molecule has 4 nitrogen and oxygen atoms in total. The predicted molar refractivity (Wildman–Crippen MR) is 121 cm³/mol. The summed E-state index contributed by atoms with van der Waals surface area (Å²) < 4.78 is 0. The number of likely N-dealkylation sites (N-methyl/N-ethyl adjacent to an activating group) is 1. The summed E-state index contributed by atoms with van der Waals surface area (Å²) in [7, 11) is 1.72. The molecule has 0 bridgehead atoms. The molecule has 0 unspecified atom stereocenters. The summed E-state index contributed by atoms with van der Waals surface area (Å²) in [6.45, 7) is 9.61. The SMILES string of the molecule is CNC(=O)[C@@H]1C[C@@H](NCCC2=C(C)CCCC2(C)C)CN1Cc1ccccc1Cl. The molecule has 1 aliphatic heterocycles. The molecule has 2 aliphatic rings. The van der Waals surface area contributed by atoms with Crippen molar-refractivity contribution in [2.45, 2.75) is 71.5 Å². The zero-order valence-corrected chi connectivity index (χ0v) is 19.1. The third kappa shape index (κ3) is 5.42. The van der Waals surface area contributed by atoms with E-state index in [4.69, 9.17) is 11.6 Å². The molecule has 0 radical (unpaired) electrons. The number of hydrogen-bond donors (Lipinski definition) is 2. The van der Waals surface area contributed by atoms with Gasteiger partial charge in [0.2, 0.25) is 5.91 Å². The van der Waals surface area contributed by atoms with E-state index in [-0.39, 0.29) is 11.9 Å². The van der Waals surface area contributed by atoms with Crippen molar-refractivity contribution in [2.24, 2.45) is 5.41 Å². The van der Waals surface area contributed by atoms with Crippen molar-refractivity contribution in [1.29, 1.82) is 0 Å². The van der Waals surface area contributed by atoms with Gasteiger partial charge in [0.25, 0.3) is 0 Å². The minimum atomic E-state index is -0.110. The number of halogens is 1. The number of nitrogens with one attached hydrogen (secondary N) is 2. The highest BCUT2D eigenvalue weighted by atomic mass is 35.5. The summed E-state index contributed by atoms with van der Waals surface area (Å²) >= 11 is 6.36. The van der Waals surface area contributed by atoms with Crippen LogP contribution in [-0.2, 0) is 11.3 Å². The minimum absolute atomic E-state index is 0.0910. The molecule has 2 atom stereocenters. The number of carbonyl (C=O) groups excluding carboxylic acids is 1. The third-order valence-electron chi connectivity index (χ3n) is 6.78. The van der Waals surface area contributed by atoms with Crippen LogP contribution in [0.15, 0.2) is 35.4 Å². The average Bonchev–Trinajstić information content (AvgIpc) is 3.07. The molecule has 1 aliphatic carbocycles. The third-order valence-corrected chi connectivity index (χ3v) is 7.15. The Morgan fingerprint density at radius 1 is 1.31 bits per heavy atom. The van der Waals surface area contributed by atoms with Crippen LogP contribution >= 0.6 is 11.6 Å². The van der Waals surface area contributed by atoms with Crippen LogP contribution in [0.4, 0.5) is 0 Å². The van der Waals surface area contributed by atoms with E-state index in [1.165, 1.54) is 19.3 Å². The van der Waals surface area contributed by atoms with Crippen LogP contribution in [0, 0.1) is 5.41 Å². The maximum Gasteiger partial charge on any atom is 0.237 e. The molecule has 1 heterocycles. The highest BCUT2D eigenvalue weighted by molar-refractivity contribution is 6.31. The molecule has 1 aromatic rings. The van der Waals surface area contributed by atoms with E-state index in [2.05, 4.69) is 36.3 Å². The molecule has 1 saturated heterocycles. The van der Waals surface area contributed by atoms with E-state index in [0.717, 1.165) is 36.5 Å². The summed E-state index contributed by atoms with van der Waals surface area (Å²) in [4.78, 5) is 14.7. The monoisotopic (exact) mass is 417 g/mol. The zero-order chi connectivity index (χ0) is 21.0. The molecular weight excluding hydrogens is 382 g/mol. The summed E-state index contributed by atoms with van der Waals surface area (Å²) in [6.07, 6.45) is 5.78. The highest BCUT2D eigenvalue weighted by Crippen LogP contribution is 2.41. The molecule has 1 aromatic carbocycles. The molecule has 0 aromatic heterocycles. The Balaban J connectivity index is 1.61. The van der Waals surface area contributed by atoms with Gasteiger partial charge in [0.05, 0.1) is 6.04 Å². The summed E-state index contributed by atoms with van der Waals surface area (Å²) in [6, 6.07) is 8.13. The van der Waals surface area contributed by atoms with Crippen LogP contribution < -0.4 is 10.6 Å². The van der Waals surface area contributed by atoms with Crippen molar-refractivity contribution in [2.75, 3.05) is 20.1 Å². The minimum Gasteiger partial charge on any atom is -0.358 e. The number of nitrogens with zero attached hydrogens (tertiary/aromatic N) is 1. The molecule has 0 saturated carbocycles. The van der Waals surface area contributed by atoms with Crippen LogP contribution in [-0.4, -0.2) is 43.0 Å². The highest BCUT2D eigenvalue weighted by Gasteiger charge is 2.36. The van der Waals surface area contributed by atoms with Crippen molar-refractivity contribution in [3.05, 3.63) is 46.0 Å². The maximum absolute atomic E-state index is 12.5. The van der Waals surface area contributed by atoms with E-state index < -0.39 is 0 Å². The van der Waals surface area contributed by atoms with E-state index in [9.17, 15) is 4.79 Å². The Kier molecular flexibility index (Phi) is 7.42. The Bertz CT molecular complexity index is 758. The van der Waals surface area contributed by atoms with E-state index >= 15 is 0 Å². The van der Waals surface area contributed by atoms with Gasteiger partial charge in [-0.1, -0.05) is 54.8 Å². The van der Waals surface area contributed by atoms with Crippen LogP contribution in [0.1, 0.15) is 58.4 Å². The van der Waals surface area contributed by atoms with Gasteiger partial charge >= 0.3 is 0 Å². The van der Waals surface area contributed by atoms with Crippen LogP contribution in [0.25, 0.3) is 0 Å². The van der Waals surface area contributed by atoms with Crippen molar-refractivity contribution < 1.29 is 4.79 Å². The number of hydrogen-bond acceptors (Lipinski definition) is 3. The van der Waals surface area contributed by atoms with Gasteiger partial charge in [-0.3, -0.25) is 9.69 Å². The summed E-state index contributed by atoms with van der Waals surface area (Å²) in [5, 5.41) is 7.34. The van der Waals surface area contributed by atoms with Gasteiger partial charge < -0.3 is 10.6 Å². The lowest BCUT2D eigenvalue weighted by Gasteiger charge is -2.35.